The first kappa shape index (κ1) is 15.1. The minimum absolute atomic E-state index is 0.0213. The third kappa shape index (κ3) is 2.52. The maximum absolute atomic E-state index is 9.30. The minimum atomic E-state index is 0.0213. The molecule has 0 spiro atoms. The van der Waals surface area contributed by atoms with Crippen LogP contribution in [0.1, 0.15) is 22.8 Å². The smallest absolute Gasteiger partial charge is 0.159 e. The summed E-state index contributed by atoms with van der Waals surface area (Å²) >= 11 is 6.25. The number of aliphatic hydroxyl groups is 1. The number of fused-ring (bicyclic) bond motifs is 3. The van der Waals surface area contributed by atoms with Gasteiger partial charge in [-0.1, -0.05) is 41.9 Å². The average molecular weight is 339 g/mol. The largest absolute Gasteiger partial charge is 0.396 e. The lowest BCUT2D eigenvalue weighted by Crippen LogP contribution is -2.10. The molecule has 0 unspecified atom stereocenters. The molecule has 2 heterocycles. The van der Waals surface area contributed by atoms with Crippen LogP contribution in [0, 0.1) is 0 Å². The second kappa shape index (κ2) is 6.19. The maximum atomic E-state index is 9.30. The van der Waals surface area contributed by atoms with Crippen LogP contribution in [0.15, 0.2) is 53.5 Å². The fourth-order valence-corrected chi connectivity index (χ4v) is 3.14. The highest BCUT2D eigenvalue weighted by Gasteiger charge is 2.22. The Morgan fingerprint density at radius 1 is 1.08 bits per heavy atom. The van der Waals surface area contributed by atoms with Crippen LogP contribution in [0.2, 0.25) is 5.02 Å². The highest BCUT2D eigenvalue weighted by atomic mass is 35.5. The van der Waals surface area contributed by atoms with Gasteiger partial charge >= 0.3 is 0 Å². The zero-order valence-electron chi connectivity index (χ0n) is 12.9. The Kier molecular flexibility index (Phi) is 3.88. The Morgan fingerprint density at radius 2 is 1.92 bits per heavy atom. The molecule has 0 amide bonds. The molecule has 24 heavy (non-hydrogen) atoms. The molecule has 2 aromatic carbocycles. The molecule has 0 aliphatic carbocycles. The summed E-state index contributed by atoms with van der Waals surface area (Å²) in [6.07, 6.45) is 0.440. The molecule has 120 valence electrons. The fraction of sp³-hybridized carbons (Fsp3) is 0.167. The predicted octanol–water partition coefficient (Wildman–Crippen LogP) is 2.81. The molecule has 0 saturated heterocycles. The molecular formula is C18H15ClN4O. The highest BCUT2D eigenvalue weighted by molar-refractivity contribution is 6.31. The second-order valence-corrected chi connectivity index (χ2v) is 5.97. The van der Waals surface area contributed by atoms with E-state index in [9.17, 15) is 5.11 Å². The van der Waals surface area contributed by atoms with Crippen molar-refractivity contribution in [1.29, 1.82) is 0 Å². The normalized spacial score (nSPS) is 13.0. The van der Waals surface area contributed by atoms with E-state index in [-0.39, 0.29) is 6.61 Å². The van der Waals surface area contributed by atoms with Crippen LogP contribution in [-0.4, -0.2) is 32.2 Å². The van der Waals surface area contributed by atoms with Gasteiger partial charge in [0.25, 0.3) is 0 Å². The summed E-state index contributed by atoms with van der Waals surface area (Å²) < 4.78 is 1.97. The summed E-state index contributed by atoms with van der Waals surface area (Å²) in [7, 11) is 0. The van der Waals surface area contributed by atoms with Crippen molar-refractivity contribution in [2.75, 3.05) is 6.61 Å². The van der Waals surface area contributed by atoms with Gasteiger partial charge in [-0.3, -0.25) is 9.56 Å². The van der Waals surface area contributed by atoms with Crippen LogP contribution in [0.25, 0.3) is 5.69 Å². The Bertz CT molecular complexity index is 918. The topological polar surface area (TPSA) is 63.3 Å². The summed E-state index contributed by atoms with van der Waals surface area (Å²) in [5, 5.41) is 18.4. The van der Waals surface area contributed by atoms with Crippen molar-refractivity contribution in [1.82, 2.24) is 14.8 Å². The average Bonchev–Trinajstić information content (AvgIpc) is 2.92. The van der Waals surface area contributed by atoms with Crippen LogP contribution in [0.3, 0.4) is 0 Å². The molecule has 0 fully saturated rings. The quantitative estimate of drug-likeness (QED) is 0.798. The summed E-state index contributed by atoms with van der Waals surface area (Å²) in [5.41, 5.74) is 3.78. The standard InChI is InChI=1S/C18H15ClN4O/c19-13-6-7-15-14(10-13)18(12-4-2-1-3-5-12)20-11-17-22-21-16(8-9-24)23(15)17/h1-7,10,24H,8-9,11H2. The summed E-state index contributed by atoms with van der Waals surface area (Å²) in [5.74, 6) is 1.48. The van der Waals surface area contributed by atoms with E-state index in [1.54, 1.807) is 0 Å². The van der Waals surface area contributed by atoms with Crippen molar-refractivity contribution < 1.29 is 5.11 Å². The van der Waals surface area contributed by atoms with Crippen molar-refractivity contribution >= 4 is 17.3 Å². The number of halogens is 1. The van der Waals surface area contributed by atoms with Crippen LogP contribution >= 0.6 is 11.6 Å². The Balaban J connectivity index is 1.96. The number of aliphatic hydroxyl groups excluding tert-OH is 1. The number of benzene rings is 2. The number of hydrogen-bond acceptors (Lipinski definition) is 4. The van der Waals surface area contributed by atoms with Gasteiger partial charge < -0.3 is 5.11 Å². The van der Waals surface area contributed by atoms with Gasteiger partial charge in [-0.15, -0.1) is 10.2 Å². The zero-order valence-corrected chi connectivity index (χ0v) is 13.6. The molecule has 1 aromatic heterocycles. The lowest BCUT2D eigenvalue weighted by Gasteiger charge is -2.13. The van der Waals surface area contributed by atoms with Gasteiger partial charge in [-0.2, -0.15) is 0 Å². The first-order valence-corrected chi connectivity index (χ1v) is 8.10. The number of hydrogen-bond donors (Lipinski definition) is 1. The Labute approximate surface area is 144 Å². The number of rotatable bonds is 3. The van der Waals surface area contributed by atoms with E-state index in [1.807, 2.05) is 53.1 Å². The molecule has 5 nitrogen and oxygen atoms in total. The van der Waals surface area contributed by atoms with Crippen molar-refractivity contribution in [2.24, 2.45) is 4.99 Å². The molecule has 0 saturated carbocycles. The first-order valence-electron chi connectivity index (χ1n) is 7.72. The molecule has 4 rings (SSSR count). The van der Waals surface area contributed by atoms with E-state index in [1.165, 1.54) is 0 Å². The molecule has 1 aliphatic rings. The van der Waals surface area contributed by atoms with E-state index in [0.717, 1.165) is 34.2 Å². The van der Waals surface area contributed by atoms with Gasteiger partial charge in [-0.25, -0.2) is 0 Å². The molecular weight excluding hydrogens is 324 g/mol. The van der Waals surface area contributed by atoms with E-state index in [4.69, 9.17) is 16.6 Å². The third-order valence-corrected chi connectivity index (χ3v) is 4.25. The van der Waals surface area contributed by atoms with Crippen molar-refractivity contribution in [3.63, 3.8) is 0 Å². The lowest BCUT2D eigenvalue weighted by molar-refractivity contribution is 0.296. The minimum Gasteiger partial charge on any atom is -0.396 e. The summed E-state index contributed by atoms with van der Waals surface area (Å²) in [4.78, 5) is 4.76. The molecule has 0 atom stereocenters. The monoisotopic (exact) mass is 338 g/mol. The van der Waals surface area contributed by atoms with Gasteiger partial charge in [0.2, 0.25) is 0 Å². The summed E-state index contributed by atoms with van der Waals surface area (Å²) in [6, 6.07) is 15.7. The first-order chi connectivity index (χ1) is 11.8. The van der Waals surface area contributed by atoms with Crippen LogP contribution in [0.5, 0.6) is 0 Å². The van der Waals surface area contributed by atoms with Crippen LogP contribution in [0.4, 0.5) is 0 Å². The molecule has 0 bridgehead atoms. The van der Waals surface area contributed by atoms with Gasteiger partial charge in [0.05, 0.1) is 18.0 Å². The van der Waals surface area contributed by atoms with Gasteiger partial charge in [-0.05, 0) is 18.2 Å². The van der Waals surface area contributed by atoms with E-state index >= 15 is 0 Å². The molecule has 1 aliphatic heterocycles. The van der Waals surface area contributed by atoms with Gasteiger partial charge in [0.15, 0.2) is 5.82 Å². The third-order valence-electron chi connectivity index (χ3n) is 4.01. The van der Waals surface area contributed by atoms with E-state index in [2.05, 4.69) is 10.2 Å². The van der Waals surface area contributed by atoms with Crippen molar-refractivity contribution in [3.05, 3.63) is 76.3 Å². The highest BCUT2D eigenvalue weighted by Crippen LogP contribution is 2.28. The Hall–Kier alpha value is -2.50. The van der Waals surface area contributed by atoms with E-state index in [0.29, 0.717) is 18.0 Å². The van der Waals surface area contributed by atoms with Gasteiger partial charge in [0, 0.05) is 22.6 Å². The fourth-order valence-electron chi connectivity index (χ4n) is 2.97. The number of aliphatic imine (C=N–C) groups is 1. The van der Waals surface area contributed by atoms with Gasteiger partial charge in [0.1, 0.15) is 12.4 Å². The van der Waals surface area contributed by atoms with Crippen LogP contribution < -0.4 is 0 Å². The maximum Gasteiger partial charge on any atom is 0.159 e. The lowest BCUT2D eigenvalue weighted by atomic mass is 10.0. The van der Waals surface area contributed by atoms with Crippen molar-refractivity contribution in [3.8, 4) is 5.69 Å². The zero-order chi connectivity index (χ0) is 16.5. The van der Waals surface area contributed by atoms with Crippen molar-refractivity contribution in [2.45, 2.75) is 13.0 Å². The van der Waals surface area contributed by atoms with E-state index < -0.39 is 0 Å². The molecule has 3 aromatic rings. The number of nitrogens with zero attached hydrogens (tertiary/aromatic N) is 4. The molecule has 1 N–H and O–H groups in total. The summed E-state index contributed by atoms with van der Waals surface area (Å²) in [6.45, 7) is 0.447. The molecule has 0 radical (unpaired) electrons. The SMILES string of the molecule is OCCc1nnc2n1-c1ccc(Cl)cc1C(c1ccccc1)=NC2. The van der Waals surface area contributed by atoms with Crippen LogP contribution in [-0.2, 0) is 13.0 Å². The number of aromatic nitrogens is 3. The Morgan fingerprint density at radius 3 is 2.71 bits per heavy atom. The predicted molar refractivity (Wildman–Crippen MR) is 92.9 cm³/mol. The molecule has 6 heteroatoms. The second-order valence-electron chi connectivity index (χ2n) is 5.53.